The molecule has 0 saturated carbocycles. The van der Waals surface area contributed by atoms with E-state index in [1.807, 2.05) is 31.2 Å². The quantitative estimate of drug-likeness (QED) is 0.361. The zero-order valence-corrected chi connectivity index (χ0v) is 20.6. The second-order valence-corrected chi connectivity index (χ2v) is 8.37. The molecule has 0 spiro atoms. The van der Waals surface area contributed by atoms with Crippen molar-refractivity contribution in [3.8, 4) is 17.2 Å². The maximum atomic E-state index is 13.3. The lowest BCUT2D eigenvalue weighted by Crippen LogP contribution is -2.54. The number of rotatable bonds is 7. The van der Waals surface area contributed by atoms with Crippen molar-refractivity contribution in [2.45, 2.75) is 13.5 Å². The number of imide groups is 2. The number of ether oxygens (including phenoxy) is 3. The van der Waals surface area contributed by atoms with Crippen LogP contribution in [0.1, 0.15) is 16.7 Å². The van der Waals surface area contributed by atoms with Crippen molar-refractivity contribution < 1.29 is 28.6 Å². The van der Waals surface area contributed by atoms with Crippen molar-refractivity contribution in [1.29, 1.82) is 0 Å². The average molecular weight is 507 g/mol. The van der Waals surface area contributed by atoms with E-state index < -0.39 is 17.8 Å². The van der Waals surface area contributed by atoms with Gasteiger partial charge in [0.1, 0.15) is 29.4 Å². The molecular weight excluding hydrogens is 484 g/mol. The predicted molar refractivity (Wildman–Crippen MR) is 136 cm³/mol. The Hall–Kier alpha value is -4.30. The molecular formula is C27H23ClN2O6. The molecule has 0 bridgehead atoms. The summed E-state index contributed by atoms with van der Waals surface area (Å²) >= 11 is 6.14. The first-order valence-corrected chi connectivity index (χ1v) is 11.3. The maximum Gasteiger partial charge on any atom is 0.336 e. The van der Waals surface area contributed by atoms with E-state index >= 15 is 0 Å². The highest BCUT2D eigenvalue weighted by Gasteiger charge is 2.38. The number of hydrogen-bond acceptors (Lipinski definition) is 6. The molecule has 1 saturated heterocycles. The Balaban J connectivity index is 1.58. The fraction of sp³-hybridized carbons (Fsp3) is 0.148. The number of hydrogen-bond donors (Lipinski definition) is 1. The zero-order chi connectivity index (χ0) is 25.8. The third-order valence-electron chi connectivity index (χ3n) is 5.47. The molecule has 4 rings (SSSR count). The Labute approximate surface area is 213 Å². The van der Waals surface area contributed by atoms with Crippen LogP contribution in [0.25, 0.3) is 6.08 Å². The fourth-order valence-corrected chi connectivity index (χ4v) is 3.92. The topological polar surface area (TPSA) is 94.2 Å². The standard InChI is InChI=1S/C27H23ClN2O6/c1-16-5-4-6-18(11-16)15-36-19-9-7-17(8-10-19)12-20-25(31)29-27(33)30(26(20)32)22-14-23(34-2)21(28)13-24(22)35-3/h4-14H,15H2,1-3H3,(H,29,31,33)/b20-12+. The SMILES string of the molecule is COc1cc(N2C(=O)NC(=O)/C(=C\c3ccc(OCc4cccc(C)c4)cc3)C2=O)c(OC)cc1Cl. The van der Waals surface area contributed by atoms with Gasteiger partial charge in [0, 0.05) is 12.1 Å². The number of nitrogens with one attached hydrogen (secondary N) is 1. The van der Waals surface area contributed by atoms with Gasteiger partial charge >= 0.3 is 6.03 Å². The summed E-state index contributed by atoms with van der Waals surface area (Å²) in [5, 5.41) is 2.43. The van der Waals surface area contributed by atoms with Crippen LogP contribution in [-0.2, 0) is 16.2 Å². The predicted octanol–water partition coefficient (Wildman–Crippen LogP) is 4.91. The average Bonchev–Trinajstić information content (AvgIpc) is 2.86. The van der Waals surface area contributed by atoms with E-state index in [0.717, 1.165) is 16.0 Å². The molecule has 1 N–H and O–H groups in total. The number of benzene rings is 3. The summed E-state index contributed by atoms with van der Waals surface area (Å²) in [6.07, 6.45) is 1.40. The lowest BCUT2D eigenvalue weighted by Gasteiger charge is -2.28. The number of halogens is 1. The van der Waals surface area contributed by atoms with Gasteiger partial charge in [-0.1, -0.05) is 53.6 Å². The Morgan fingerprint density at radius 2 is 1.67 bits per heavy atom. The third-order valence-corrected chi connectivity index (χ3v) is 5.77. The van der Waals surface area contributed by atoms with E-state index in [1.165, 1.54) is 32.4 Å². The smallest absolute Gasteiger partial charge is 0.336 e. The van der Waals surface area contributed by atoms with Crippen LogP contribution in [0.2, 0.25) is 5.02 Å². The number of carbonyl (C=O) groups excluding carboxylic acids is 3. The minimum Gasteiger partial charge on any atom is -0.495 e. The van der Waals surface area contributed by atoms with Gasteiger partial charge in [0.25, 0.3) is 11.8 Å². The van der Waals surface area contributed by atoms with Crippen LogP contribution in [0, 0.1) is 6.92 Å². The molecule has 1 aliphatic rings. The van der Waals surface area contributed by atoms with E-state index in [9.17, 15) is 14.4 Å². The molecule has 1 fully saturated rings. The Morgan fingerprint density at radius 1 is 0.944 bits per heavy atom. The molecule has 3 aromatic rings. The van der Waals surface area contributed by atoms with Crippen LogP contribution in [0.3, 0.4) is 0 Å². The van der Waals surface area contributed by atoms with Gasteiger partial charge in [-0.3, -0.25) is 14.9 Å². The molecule has 1 heterocycles. The minimum atomic E-state index is -0.912. The molecule has 0 aliphatic carbocycles. The van der Waals surface area contributed by atoms with E-state index in [1.54, 1.807) is 24.3 Å². The molecule has 9 heteroatoms. The first kappa shape index (κ1) is 24.8. The molecule has 36 heavy (non-hydrogen) atoms. The van der Waals surface area contributed by atoms with Gasteiger partial charge in [-0.05, 0) is 36.3 Å². The largest absolute Gasteiger partial charge is 0.495 e. The number of barbiturate groups is 1. The number of carbonyl (C=O) groups is 3. The highest BCUT2D eigenvalue weighted by atomic mass is 35.5. The Bertz CT molecular complexity index is 1370. The molecule has 3 aromatic carbocycles. The van der Waals surface area contributed by atoms with E-state index in [2.05, 4.69) is 5.32 Å². The minimum absolute atomic E-state index is 0.0829. The molecule has 1 aliphatic heterocycles. The molecule has 4 amide bonds. The number of anilines is 1. The Kier molecular flexibility index (Phi) is 7.26. The highest BCUT2D eigenvalue weighted by molar-refractivity contribution is 6.39. The number of urea groups is 1. The summed E-state index contributed by atoms with van der Waals surface area (Å²) in [6.45, 7) is 2.43. The first-order chi connectivity index (χ1) is 17.3. The van der Waals surface area contributed by atoms with Crippen LogP contribution >= 0.6 is 11.6 Å². The lowest BCUT2D eigenvalue weighted by atomic mass is 10.1. The van der Waals surface area contributed by atoms with E-state index in [-0.39, 0.29) is 27.8 Å². The first-order valence-electron chi connectivity index (χ1n) is 10.9. The van der Waals surface area contributed by atoms with Crippen molar-refractivity contribution in [2.24, 2.45) is 0 Å². The maximum absolute atomic E-state index is 13.3. The monoisotopic (exact) mass is 506 g/mol. The van der Waals surface area contributed by atoms with Crippen molar-refractivity contribution in [3.05, 3.63) is 87.9 Å². The normalized spacial score (nSPS) is 14.6. The summed E-state index contributed by atoms with van der Waals surface area (Å²) in [7, 11) is 2.77. The van der Waals surface area contributed by atoms with Gasteiger partial charge < -0.3 is 14.2 Å². The van der Waals surface area contributed by atoms with Crippen LogP contribution < -0.4 is 24.4 Å². The molecule has 8 nitrogen and oxygen atoms in total. The number of nitrogens with zero attached hydrogens (tertiary/aromatic N) is 1. The third kappa shape index (κ3) is 5.18. The summed E-state index contributed by atoms with van der Waals surface area (Å²) in [4.78, 5) is 39.2. The van der Waals surface area contributed by atoms with Gasteiger partial charge in [-0.25, -0.2) is 9.69 Å². The number of amides is 4. The Morgan fingerprint density at radius 3 is 2.33 bits per heavy atom. The molecule has 0 aromatic heterocycles. The summed E-state index contributed by atoms with van der Waals surface area (Å²) < 4.78 is 16.3. The molecule has 0 atom stereocenters. The van der Waals surface area contributed by atoms with Crippen molar-refractivity contribution in [1.82, 2.24) is 5.32 Å². The van der Waals surface area contributed by atoms with Gasteiger partial charge in [-0.2, -0.15) is 0 Å². The summed E-state index contributed by atoms with van der Waals surface area (Å²) in [5.41, 5.74) is 2.63. The fourth-order valence-electron chi connectivity index (χ4n) is 3.69. The summed E-state index contributed by atoms with van der Waals surface area (Å²) in [5.74, 6) is -0.593. The van der Waals surface area contributed by atoms with Crippen molar-refractivity contribution in [2.75, 3.05) is 19.1 Å². The summed E-state index contributed by atoms with van der Waals surface area (Å²) in [6, 6.07) is 16.8. The van der Waals surface area contributed by atoms with E-state index in [0.29, 0.717) is 17.9 Å². The molecule has 0 unspecified atom stereocenters. The highest BCUT2D eigenvalue weighted by Crippen LogP contribution is 2.39. The lowest BCUT2D eigenvalue weighted by molar-refractivity contribution is -0.122. The van der Waals surface area contributed by atoms with Gasteiger partial charge in [0.05, 0.1) is 24.9 Å². The van der Waals surface area contributed by atoms with Crippen LogP contribution in [0.15, 0.2) is 66.2 Å². The van der Waals surface area contributed by atoms with Crippen LogP contribution in [-0.4, -0.2) is 32.1 Å². The zero-order valence-electron chi connectivity index (χ0n) is 19.8. The van der Waals surface area contributed by atoms with E-state index in [4.69, 9.17) is 25.8 Å². The van der Waals surface area contributed by atoms with Crippen LogP contribution in [0.5, 0.6) is 17.2 Å². The van der Waals surface area contributed by atoms with Crippen molar-refractivity contribution in [3.63, 3.8) is 0 Å². The van der Waals surface area contributed by atoms with Gasteiger partial charge in [-0.15, -0.1) is 0 Å². The second-order valence-electron chi connectivity index (χ2n) is 7.96. The van der Waals surface area contributed by atoms with Gasteiger partial charge in [0.15, 0.2) is 0 Å². The molecule has 0 radical (unpaired) electrons. The van der Waals surface area contributed by atoms with Crippen LogP contribution in [0.4, 0.5) is 10.5 Å². The van der Waals surface area contributed by atoms with Gasteiger partial charge in [0.2, 0.25) is 0 Å². The number of methoxy groups -OCH3 is 2. The second kappa shape index (κ2) is 10.5. The van der Waals surface area contributed by atoms with Crippen molar-refractivity contribution >= 4 is 41.2 Å². The molecule has 184 valence electrons. The number of aryl methyl sites for hydroxylation is 1.